The molecule has 8 heteroatoms. The quantitative estimate of drug-likeness (QED) is 0.628. The van der Waals surface area contributed by atoms with Gasteiger partial charge in [-0.3, -0.25) is 0 Å². The number of hydrogen-bond acceptors (Lipinski definition) is 7. The number of aryl methyl sites for hydroxylation is 1. The van der Waals surface area contributed by atoms with Gasteiger partial charge < -0.3 is 15.2 Å². The lowest BCUT2D eigenvalue weighted by Gasteiger charge is -2.07. The third-order valence-electron chi connectivity index (χ3n) is 2.36. The first kappa shape index (κ1) is 13.8. The third kappa shape index (κ3) is 3.44. The van der Waals surface area contributed by atoms with Crippen LogP contribution in [0.3, 0.4) is 0 Å². The van der Waals surface area contributed by atoms with Gasteiger partial charge in [0, 0.05) is 11.8 Å². The Morgan fingerprint density at radius 3 is 2.85 bits per heavy atom. The Balaban J connectivity index is 2.04. The van der Waals surface area contributed by atoms with E-state index in [0.29, 0.717) is 29.4 Å². The van der Waals surface area contributed by atoms with Crippen LogP contribution in [0.15, 0.2) is 18.2 Å². The summed E-state index contributed by atoms with van der Waals surface area (Å²) in [6.45, 7) is 2.29. The molecule has 2 aromatic rings. The summed E-state index contributed by atoms with van der Waals surface area (Å²) in [5.41, 5.74) is 6.46. The van der Waals surface area contributed by atoms with Gasteiger partial charge in [-0.1, -0.05) is 0 Å². The molecule has 0 amide bonds. The second kappa shape index (κ2) is 6.00. The average Bonchev–Trinajstić information content (AvgIpc) is 2.81. The molecule has 0 aliphatic heterocycles. The van der Waals surface area contributed by atoms with Gasteiger partial charge in [-0.15, -0.1) is 10.2 Å². The van der Waals surface area contributed by atoms with Crippen molar-refractivity contribution in [2.45, 2.75) is 13.5 Å². The van der Waals surface area contributed by atoms with Crippen molar-refractivity contribution in [1.82, 2.24) is 20.2 Å². The summed E-state index contributed by atoms with van der Waals surface area (Å²) in [4.78, 5) is 13.2. The van der Waals surface area contributed by atoms with Crippen LogP contribution in [0, 0.1) is 0 Å². The number of carbonyl (C=O) groups excluding carboxylic acids is 1. The van der Waals surface area contributed by atoms with Gasteiger partial charge in [-0.25, -0.2) is 4.79 Å². The van der Waals surface area contributed by atoms with Gasteiger partial charge >= 0.3 is 5.97 Å². The van der Waals surface area contributed by atoms with Crippen molar-refractivity contribution in [2.75, 3.05) is 12.3 Å². The standard InChI is InChI=1S/C12H15N5O3/c1-3-19-10-5-8(4-9(13)6-10)12(18)20-7-11-14-16-17(2)15-11/h4-6H,3,7,13H2,1-2H3. The minimum absolute atomic E-state index is 0.0502. The number of hydrogen-bond donors (Lipinski definition) is 1. The summed E-state index contributed by atoms with van der Waals surface area (Å²) in [6, 6.07) is 4.74. The van der Waals surface area contributed by atoms with E-state index in [-0.39, 0.29) is 6.61 Å². The highest BCUT2D eigenvalue weighted by atomic mass is 16.5. The summed E-state index contributed by atoms with van der Waals surface area (Å²) >= 11 is 0. The van der Waals surface area contributed by atoms with Gasteiger partial charge in [0.2, 0.25) is 5.82 Å². The van der Waals surface area contributed by atoms with Crippen LogP contribution < -0.4 is 10.5 Å². The van der Waals surface area contributed by atoms with Gasteiger partial charge in [0.15, 0.2) is 6.61 Å². The summed E-state index contributed by atoms with van der Waals surface area (Å²) in [5.74, 6) is 0.331. The molecule has 0 fully saturated rings. The fraction of sp³-hybridized carbons (Fsp3) is 0.333. The van der Waals surface area contributed by atoms with E-state index in [1.165, 1.54) is 10.9 Å². The van der Waals surface area contributed by atoms with Crippen molar-refractivity contribution < 1.29 is 14.3 Å². The van der Waals surface area contributed by atoms with E-state index in [1.54, 1.807) is 19.2 Å². The molecular formula is C12H15N5O3. The first-order valence-corrected chi connectivity index (χ1v) is 6.02. The lowest BCUT2D eigenvalue weighted by atomic mass is 10.2. The van der Waals surface area contributed by atoms with Crippen molar-refractivity contribution in [2.24, 2.45) is 7.05 Å². The van der Waals surface area contributed by atoms with Crippen molar-refractivity contribution in [3.63, 3.8) is 0 Å². The lowest BCUT2D eigenvalue weighted by molar-refractivity contribution is 0.0461. The molecule has 0 saturated carbocycles. The molecule has 8 nitrogen and oxygen atoms in total. The second-order valence-corrected chi connectivity index (χ2v) is 3.99. The highest BCUT2D eigenvalue weighted by Crippen LogP contribution is 2.19. The molecule has 0 aliphatic carbocycles. The van der Waals surface area contributed by atoms with E-state index in [4.69, 9.17) is 15.2 Å². The predicted molar refractivity (Wildman–Crippen MR) is 69.9 cm³/mol. The number of carbonyl (C=O) groups is 1. The fourth-order valence-electron chi connectivity index (χ4n) is 1.58. The highest BCUT2D eigenvalue weighted by molar-refractivity contribution is 5.91. The zero-order chi connectivity index (χ0) is 14.5. The molecule has 106 valence electrons. The van der Waals surface area contributed by atoms with Crippen LogP contribution in [0.5, 0.6) is 5.75 Å². The summed E-state index contributed by atoms with van der Waals surface area (Å²) in [7, 11) is 1.63. The number of ether oxygens (including phenoxy) is 2. The molecule has 1 heterocycles. The zero-order valence-corrected chi connectivity index (χ0v) is 11.2. The van der Waals surface area contributed by atoms with Crippen molar-refractivity contribution in [1.29, 1.82) is 0 Å². The molecule has 0 atom stereocenters. The molecule has 2 rings (SSSR count). The monoisotopic (exact) mass is 277 g/mol. The Morgan fingerprint density at radius 2 is 2.20 bits per heavy atom. The summed E-state index contributed by atoms with van der Waals surface area (Å²) < 4.78 is 10.4. The van der Waals surface area contributed by atoms with Crippen LogP contribution in [-0.4, -0.2) is 32.8 Å². The van der Waals surface area contributed by atoms with Crippen LogP contribution in [0.1, 0.15) is 23.1 Å². The number of aromatic nitrogens is 4. The topological polar surface area (TPSA) is 105 Å². The first-order chi connectivity index (χ1) is 9.58. The van der Waals surface area contributed by atoms with Crippen molar-refractivity contribution in [3.8, 4) is 5.75 Å². The Hall–Kier alpha value is -2.64. The number of anilines is 1. The van der Waals surface area contributed by atoms with Crippen molar-refractivity contribution in [3.05, 3.63) is 29.6 Å². The van der Waals surface area contributed by atoms with Crippen LogP contribution >= 0.6 is 0 Å². The maximum Gasteiger partial charge on any atom is 0.338 e. The molecule has 0 saturated heterocycles. The van der Waals surface area contributed by atoms with E-state index in [2.05, 4.69) is 15.4 Å². The molecule has 0 unspecified atom stereocenters. The van der Waals surface area contributed by atoms with Gasteiger partial charge in [0.05, 0.1) is 19.2 Å². The fourth-order valence-corrected chi connectivity index (χ4v) is 1.58. The van der Waals surface area contributed by atoms with E-state index in [9.17, 15) is 4.79 Å². The number of nitrogen functional groups attached to an aromatic ring is 1. The van der Waals surface area contributed by atoms with Crippen LogP contribution in [0.2, 0.25) is 0 Å². The molecule has 0 spiro atoms. The second-order valence-electron chi connectivity index (χ2n) is 3.99. The summed E-state index contributed by atoms with van der Waals surface area (Å²) in [6.07, 6.45) is 0. The van der Waals surface area contributed by atoms with Crippen LogP contribution in [0.4, 0.5) is 5.69 Å². The Morgan fingerprint density at radius 1 is 1.40 bits per heavy atom. The number of nitrogens with zero attached hydrogens (tertiary/aromatic N) is 4. The number of rotatable bonds is 5. The number of nitrogens with two attached hydrogens (primary N) is 1. The number of benzene rings is 1. The Kier molecular flexibility index (Phi) is 4.14. The van der Waals surface area contributed by atoms with E-state index in [1.807, 2.05) is 6.92 Å². The summed E-state index contributed by atoms with van der Waals surface area (Å²) in [5, 5.41) is 11.3. The molecule has 1 aromatic heterocycles. The normalized spacial score (nSPS) is 10.3. The molecule has 0 radical (unpaired) electrons. The molecular weight excluding hydrogens is 262 g/mol. The van der Waals surface area contributed by atoms with Crippen molar-refractivity contribution >= 4 is 11.7 Å². The minimum atomic E-state index is -0.522. The smallest absolute Gasteiger partial charge is 0.338 e. The number of esters is 1. The Bertz CT molecular complexity index is 611. The van der Waals surface area contributed by atoms with Crippen LogP contribution in [-0.2, 0) is 18.4 Å². The van der Waals surface area contributed by atoms with Crippen LogP contribution in [0.25, 0.3) is 0 Å². The zero-order valence-electron chi connectivity index (χ0n) is 11.2. The molecule has 0 aliphatic rings. The maximum absolute atomic E-state index is 11.9. The molecule has 1 aromatic carbocycles. The third-order valence-corrected chi connectivity index (χ3v) is 2.36. The maximum atomic E-state index is 11.9. The minimum Gasteiger partial charge on any atom is -0.494 e. The highest BCUT2D eigenvalue weighted by Gasteiger charge is 2.12. The van der Waals surface area contributed by atoms with E-state index >= 15 is 0 Å². The molecule has 2 N–H and O–H groups in total. The molecule has 0 bridgehead atoms. The van der Waals surface area contributed by atoms with Gasteiger partial charge in [0.25, 0.3) is 0 Å². The number of tetrazole rings is 1. The average molecular weight is 277 g/mol. The first-order valence-electron chi connectivity index (χ1n) is 6.02. The van der Waals surface area contributed by atoms with E-state index < -0.39 is 5.97 Å². The van der Waals surface area contributed by atoms with Gasteiger partial charge in [0.1, 0.15) is 5.75 Å². The SMILES string of the molecule is CCOc1cc(N)cc(C(=O)OCc2nnn(C)n2)c1. The van der Waals surface area contributed by atoms with Gasteiger partial charge in [-0.05, 0) is 24.3 Å². The Labute approximate surface area is 115 Å². The van der Waals surface area contributed by atoms with E-state index in [0.717, 1.165) is 0 Å². The predicted octanol–water partition coefficient (Wildman–Crippen LogP) is 0.548. The van der Waals surface area contributed by atoms with Gasteiger partial charge in [-0.2, -0.15) is 4.80 Å². The molecule has 20 heavy (non-hydrogen) atoms. The lowest BCUT2D eigenvalue weighted by Crippen LogP contribution is -2.07. The largest absolute Gasteiger partial charge is 0.494 e.